The number of rotatable bonds is 7. The molecule has 0 saturated carbocycles. The molecule has 0 heterocycles. The number of carboxylic acid groups (broad SMARTS) is 1. The summed E-state index contributed by atoms with van der Waals surface area (Å²) in [5.41, 5.74) is 6.75. The molecule has 88 valence electrons. The first-order valence-corrected chi connectivity index (χ1v) is 5.72. The monoisotopic (exact) mass is 221 g/mol. The van der Waals surface area contributed by atoms with E-state index in [2.05, 4.69) is 12.1 Å². The molecular weight excluding hydrogens is 202 g/mol. The quantitative estimate of drug-likeness (QED) is 0.694. The van der Waals surface area contributed by atoms with Gasteiger partial charge in [-0.25, -0.2) is 0 Å². The van der Waals surface area contributed by atoms with Crippen molar-refractivity contribution in [3.8, 4) is 0 Å². The number of carbonyl (C=O) groups is 1. The summed E-state index contributed by atoms with van der Waals surface area (Å²) in [6.45, 7) is 0. The van der Waals surface area contributed by atoms with Gasteiger partial charge in [0, 0.05) is 0 Å². The molecule has 0 aliphatic heterocycles. The Balaban J connectivity index is 2.07. The molecule has 1 aromatic carbocycles. The van der Waals surface area contributed by atoms with Gasteiger partial charge in [-0.05, 0) is 24.8 Å². The second kappa shape index (κ2) is 7.01. The molecular formula is C13H19NO2. The Morgan fingerprint density at radius 1 is 1.19 bits per heavy atom. The fraction of sp³-hybridized carbons (Fsp3) is 0.462. The number of hydrogen-bond donors (Lipinski definition) is 2. The lowest BCUT2D eigenvalue weighted by Crippen LogP contribution is -2.29. The van der Waals surface area contributed by atoms with Crippen molar-refractivity contribution in [1.29, 1.82) is 0 Å². The highest BCUT2D eigenvalue weighted by Crippen LogP contribution is 2.08. The molecule has 0 bridgehead atoms. The number of nitrogens with two attached hydrogens (primary N) is 1. The molecule has 1 aromatic rings. The summed E-state index contributed by atoms with van der Waals surface area (Å²) in [7, 11) is 0. The minimum absolute atomic E-state index is 0.574. The Kier molecular flexibility index (Phi) is 5.57. The van der Waals surface area contributed by atoms with Crippen LogP contribution in [0, 0.1) is 0 Å². The maximum absolute atomic E-state index is 10.5. The van der Waals surface area contributed by atoms with Crippen LogP contribution in [0.2, 0.25) is 0 Å². The Morgan fingerprint density at radius 3 is 2.50 bits per heavy atom. The van der Waals surface area contributed by atoms with Gasteiger partial charge >= 0.3 is 5.97 Å². The fourth-order valence-electron chi connectivity index (χ4n) is 1.64. The zero-order chi connectivity index (χ0) is 11.8. The predicted octanol–water partition coefficient (Wildman–Crippen LogP) is 2.20. The summed E-state index contributed by atoms with van der Waals surface area (Å²) in [5, 5.41) is 8.59. The van der Waals surface area contributed by atoms with E-state index in [4.69, 9.17) is 10.8 Å². The molecule has 16 heavy (non-hydrogen) atoms. The lowest BCUT2D eigenvalue weighted by atomic mass is 10.0. The highest BCUT2D eigenvalue weighted by Gasteiger charge is 2.09. The van der Waals surface area contributed by atoms with Crippen LogP contribution in [0.25, 0.3) is 0 Å². The van der Waals surface area contributed by atoms with Gasteiger partial charge in [-0.1, -0.05) is 43.2 Å². The summed E-state index contributed by atoms with van der Waals surface area (Å²) in [5.74, 6) is -0.900. The largest absolute Gasteiger partial charge is 0.480 e. The lowest BCUT2D eigenvalue weighted by molar-refractivity contribution is -0.138. The van der Waals surface area contributed by atoms with Crippen LogP contribution in [0.15, 0.2) is 30.3 Å². The van der Waals surface area contributed by atoms with Crippen molar-refractivity contribution in [2.24, 2.45) is 5.73 Å². The molecule has 0 aromatic heterocycles. The molecule has 3 N–H and O–H groups in total. The molecule has 1 atom stereocenters. The van der Waals surface area contributed by atoms with E-state index in [-0.39, 0.29) is 0 Å². The molecule has 0 amide bonds. The van der Waals surface area contributed by atoms with Gasteiger partial charge in [0.1, 0.15) is 6.04 Å². The van der Waals surface area contributed by atoms with Crippen LogP contribution in [-0.4, -0.2) is 17.1 Å². The summed E-state index contributed by atoms with van der Waals surface area (Å²) in [6, 6.07) is 9.61. The number of unbranched alkanes of at least 4 members (excludes halogenated alkanes) is 2. The molecule has 0 fully saturated rings. The highest BCUT2D eigenvalue weighted by molar-refractivity contribution is 5.72. The van der Waals surface area contributed by atoms with E-state index in [0.29, 0.717) is 6.42 Å². The Hall–Kier alpha value is -1.35. The van der Waals surface area contributed by atoms with Crippen molar-refractivity contribution in [3.63, 3.8) is 0 Å². The lowest BCUT2D eigenvalue weighted by Gasteiger charge is -2.05. The standard InChI is InChI=1S/C13H19NO2/c14-12(13(15)16)10-6-2-5-9-11-7-3-1-4-8-11/h1,3-4,7-8,12H,2,5-6,9-10,14H2,(H,15,16)/t12-/m1/s1. The second-order valence-electron chi connectivity index (χ2n) is 4.03. The van der Waals surface area contributed by atoms with Crippen LogP contribution in [0.3, 0.4) is 0 Å². The number of carboxylic acids is 1. The number of hydrogen-bond acceptors (Lipinski definition) is 2. The van der Waals surface area contributed by atoms with Crippen LogP contribution < -0.4 is 5.73 Å². The summed E-state index contributed by atoms with van der Waals surface area (Å²) < 4.78 is 0. The fourth-order valence-corrected chi connectivity index (χ4v) is 1.64. The van der Waals surface area contributed by atoms with Crippen LogP contribution in [0.1, 0.15) is 31.2 Å². The van der Waals surface area contributed by atoms with E-state index in [1.54, 1.807) is 0 Å². The number of aryl methyl sites for hydroxylation is 1. The van der Waals surface area contributed by atoms with Crippen LogP contribution in [-0.2, 0) is 11.2 Å². The van der Waals surface area contributed by atoms with Gasteiger partial charge in [0.2, 0.25) is 0 Å². The minimum Gasteiger partial charge on any atom is -0.480 e. The van der Waals surface area contributed by atoms with E-state index < -0.39 is 12.0 Å². The van der Waals surface area contributed by atoms with E-state index >= 15 is 0 Å². The molecule has 0 radical (unpaired) electrons. The van der Waals surface area contributed by atoms with Crippen molar-refractivity contribution in [2.75, 3.05) is 0 Å². The van der Waals surface area contributed by atoms with Gasteiger partial charge in [0.05, 0.1) is 0 Å². The molecule has 0 aliphatic rings. The zero-order valence-corrected chi connectivity index (χ0v) is 9.43. The first-order chi connectivity index (χ1) is 7.70. The third-order valence-electron chi connectivity index (χ3n) is 2.64. The maximum atomic E-state index is 10.5. The number of aliphatic carboxylic acids is 1. The molecule has 3 heteroatoms. The molecule has 1 rings (SSSR count). The Bertz CT molecular complexity index is 311. The second-order valence-corrected chi connectivity index (χ2v) is 4.03. The SMILES string of the molecule is N[C@H](CCCCCc1ccccc1)C(=O)O. The topological polar surface area (TPSA) is 63.3 Å². The average molecular weight is 221 g/mol. The van der Waals surface area contributed by atoms with Crippen LogP contribution in [0.5, 0.6) is 0 Å². The normalized spacial score (nSPS) is 12.3. The summed E-state index contributed by atoms with van der Waals surface area (Å²) in [4.78, 5) is 10.5. The van der Waals surface area contributed by atoms with Gasteiger partial charge in [-0.3, -0.25) is 4.79 Å². The van der Waals surface area contributed by atoms with Gasteiger partial charge in [0.25, 0.3) is 0 Å². The summed E-state index contributed by atoms with van der Waals surface area (Å²) in [6.07, 6.45) is 4.65. The van der Waals surface area contributed by atoms with E-state index in [1.165, 1.54) is 5.56 Å². The maximum Gasteiger partial charge on any atom is 0.320 e. The summed E-state index contributed by atoms with van der Waals surface area (Å²) >= 11 is 0. The van der Waals surface area contributed by atoms with Gasteiger partial charge < -0.3 is 10.8 Å². The first-order valence-electron chi connectivity index (χ1n) is 5.72. The smallest absolute Gasteiger partial charge is 0.320 e. The zero-order valence-electron chi connectivity index (χ0n) is 9.43. The van der Waals surface area contributed by atoms with Crippen molar-refractivity contribution in [1.82, 2.24) is 0 Å². The minimum atomic E-state index is -0.900. The Morgan fingerprint density at radius 2 is 1.88 bits per heavy atom. The average Bonchev–Trinajstić information content (AvgIpc) is 2.29. The van der Waals surface area contributed by atoms with Gasteiger partial charge in [0.15, 0.2) is 0 Å². The van der Waals surface area contributed by atoms with Crippen molar-refractivity contribution in [3.05, 3.63) is 35.9 Å². The van der Waals surface area contributed by atoms with Crippen molar-refractivity contribution in [2.45, 2.75) is 38.1 Å². The van der Waals surface area contributed by atoms with Crippen molar-refractivity contribution >= 4 is 5.97 Å². The first kappa shape index (κ1) is 12.7. The van der Waals surface area contributed by atoms with Crippen molar-refractivity contribution < 1.29 is 9.90 Å². The van der Waals surface area contributed by atoms with Gasteiger partial charge in [-0.15, -0.1) is 0 Å². The Labute approximate surface area is 96.3 Å². The molecule has 0 aliphatic carbocycles. The third-order valence-corrected chi connectivity index (χ3v) is 2.64. The number of benzene rings is 1. The van der Waals surface area contributed by atoms with Crippen LogP contribution >= 0.6 is 0 Å². The molecule has 0 spiro atoms. The highest BCUT2D eigenvalue weighted by atomic mass is 16.4. The van der Waals surface area contributed by atoms with Gasteiger partial charge in [-0.2, -0.15) is 0 Å². The van der Waals surface area contributed by atoms with Crippen LogP contribution in [0.4, 0.5) is 0 Å². The third kappa shape index (κ3) is 4.94. The predicted molar refractivity (Wildman–Crippen MR) is 64.2 cm³/mol. The molecule has 0 saturated heterocycles. The molecule has 3 nitrogen and oxygen atoms in total. The molecule has 0 unspecified atom stereocenters. The van der Waals surface area contributed by atoms with E-state index in [9.17, 15) is 4.79 Å². The van der Waals surface area contributed by atoms with E-state index in [0.717, 1.165) is 25.7 Å². The van der Waals surface area contributed by atoms with E-state index in [1.807, 2.05) is 18.2 Å².